The Morgan fingerprint density at radius 1 is 1.24 bits per heavy atom. The van der Waals surface area contributed by atoms with Crippen LogP contribution in [-0.2, 0) is 6.54 Å². The van der Waals surface area contributed by atoms with Crippen molar-refractivity contribution in [3.05, 3.63) is 72.0 Å². The van der Waals surface area contributed by atoms with Gasteiger partial charge in [-0.1, -0.05) is 11.3 Å². The topological polar surface area (TPSA) is 90.6 Å². The Labute approximate surface area is 145 Å². The first kappa shape index (κ1) is 15.5. The van der Waals surface area contributed by atoms with E-state index >= 15 is 0 Å². The summed E-state index contributed by atoms with van der Waals surface area (Å²) in [6, 6.07) is 9.70. The van der Waals surface area contributed by atoms with E-state index in [4.69, 9.17) is 4.42 Å². The number of furan rings is 1. The minimum atomic E-state index is -0.442. The molecule has 0 atom stereocenters. The highest BCUT2D eigenvalue weighted by atomic mass is 32.1. The van der Waals surface area contributed by atoms with E-state index in [0.717, 1.165) is 23.3 Å². The van der Waals surface area contributed by atoms with Gasteiger partial charge in [-0.25, -0.2) is 0 Å². The maximum Gasteiger partial charge on any atom is 0.270 e. The van der Waals surface area contributed by atoms with Gasteiger partial charge in [0.25, 0.3) is 11.2 Å². The summed E-state index contributed by atoms with van der Waals surface area (Å²) in [5.41, 5.74) is 0.724. The molecule has 4 rings (SSSR count). The first-order valence-corrected chi connectivity index (χ1v) is 8.54. The third-order valence-electron chi connectivity index (χ3n) is 3.94. The lowest BCUT2D eigenvalue weighted by atomic mass is 10.1. The van der Waals surface area contributed by atoms with Crippen LogP contribution in [0.2, 0.25) is 0 Å². The van der Waals surface area contributed by atoms with Crippen molar-refractivity contribution in [1.82, 2.24) is 4.57 Å². The normalized spacial score (nSPS) is 14.2. The molecule has 3 heterocycles. The van der Waals surface area contributed by atoms with Crippen molar-refractivity contribution >= 4 is 23.1 Å². The fourth-order valence-electron chi connectivity index (χ4n) is 2.69. The molecule has 0 spiro atoms. The highest BCUT2D eigenvalue weighted by molar-refractivity contribution is 7.07. The Morgan fingerprint density at radius 3 is 2.76 bits per heavy atom. The Kier molecular flexibility index (Phi) is 3.81. The van der Waals surface area contributed by atoms with E-state index in [2.05, 4.69) is 4.99 Å². The van der Waals surface area contributed by atoms with E-state index in [0.29, 0.717) is 22.6 Å². The number of nitro groups is 1. The summed E-state index contributed by atoms with van der Waals surface area (Å²) in [7, 11) is 0. The van der Waals surface area contributed by atoms with Crippen LogP contribution in [0.5, 0.6) is 0 Å². The molecule has 1 aromatic carbocycles. The highest BCUT2D eigenvalue weighted by Crippen LogP contribution is 2.24. The van der Waals surface area contributed by atoms with E-state index in [1.165, 1.54) is 23.5 Å². The quantitative estimate of drug-likeness (QED) is 0.530. The molecule has 8 heteroatoms. The lowest BCUT2D eigenvalue weighted by molar-refractivity contribution is -0.384. The monoisotopic (exact) mass is 355 g/mol. The Bertz CT molecular complexity index is 1120. The first-order chi connectivity index (χ1) is 12.1. The molecule has 0 radical (unpaired) electrons. The van der Waals surface area contributed by atoms with Gasteiger partial charge in [0.15, 0.2) is 4.80 Å². The number of hydrogen-bond donors (Lipinski definition) is 0. The molecule has 0 saturated carbocycles. The summed E-state index contributed by atoms with van der Waals surface area (Å²) in [6.07, 6.45) is 2.59. The maximum absolute atomic E-state index is 12.4. The van der Waals surface area contributed by atoms with Crippen LogP contribution >= 0.6 is 11.3 Å². The predicted octanol–water partition coefficient (Wildman–Crippen LogP) is 1.93. The van der Waals surface area contributed by atoms with E-state index in [1.807, 2.05) is 0 Å². The number of nitrogens with zero attached hydrogens (tertiary/aromatic N) is 3. The Balaban J connectivity index is 1.69. The summed E-state index contributed by atoms with van der Waals surface area (Å²) in [5, 5.41) is 10.7. The molecule has 1 aliphatic rings. The molecule has 3 aromatic rings. The Hall–Kier alpha value is -3.00. The molecule has 0 fully saturated rings. The summed E-state index contributed by atoms with van der Waals surface area (Å²) in [4.78, 5) is 27.8. The van der Waals surface area contributed by atoms with Crippen molar-refractivity contribution in [2.75, 3.05) is 6.54 Å². The number of fused-ring (bicyclic) bond motifs is 1. The summed E-state index contributed by atoms with van der Waals surface area (Å²) >= 11 is 1.36. The van der Waals surface area contributed by atoms with Gasteiger partial charge < -0.3 is 4.42 Å². The molecular weight excluding hydrogens is 342 g/mol. The molecule has 0 saturated heterocycles. The van der Waals surface area contributed by atoms with Gasteiger partial charge in [0.05, 0.1) is 9.46 Å². The van der Waals surface area contributed by atoms with Crippen LogP contribution in [0.3, 0.4) is 0 Å². The minimum Gasteiger partial charge on any atom is -0.457 e. The van der Waals surface area contributed by atoms with Crippen LogP contribution in [0.25, 0.3) is 17.4 Å². The van der Waals surface area contributed by atoms with E-state index in [-0.39, 0.29) is 11.2 Å². The molecule has 126 valence electrons. The van der Waals surface area contributed by atoms with Crippen molar-refractivity contribution < 1.29 is 9.34 Å². The highest BCUT2D eigenvalue weighted by Gasteiger charge is 2.10. The van der Waals surface area contributed by atoms with Gasteiger partial charge in [0.1, 0.15) is 11.5 Å². The van der Waals surface area contributed by atoms with E-state index in [9.17, 15) is 14.9 Å². The lowest BCUT2D eigenvalue weighted by Crippen LogP contribution is -2.33. The van der Waals surface area contributed by atoms with Crippen LogP contribution in [-0.4, -0.2) is 16.0 Å². The minimum absolute atomic E-state index is 0.0306. The van der Waals surface area contributed by atoms with Crippen LogP contribution < -0.4 is 14.9 Å². The van der Waals surface area contributed by atoms with Gasteiger partial charge >= 0.3 is 0 Å². The van der Waals surface area contributed by atoms with Crippen molar-refractivity contribution in [1.29, 1.82) is 0 Å². The van der Waals surface area contributed by atoms with Gasteiger partial charge in [-0.05, 0) is 30.7 Å². The summed E-state index contributed by atoms with van der Waals surface area (Å²) in [5.74, 6) is 1.15. The molecule has 25 heavy (non-hydrogen) atoms. The third kappa shape index (κ3) is 2.91. The molecule has 7 nitrogen and oxygen atoms in total. The van der Waals surface area contributed by atoms with Crippen LogP contribution in [0.1, 0.15) is 12.2 Å². The fraction of sp³-hybridized carbons (Fsp3) is 0.176. The summed E-state index contributed by atoms with van der Waals surface area (Å²) < 4.78 is 8.05. The zero-order valence-electron chi connectivity index (χ0n) is 13.0. The number of hydrogen-bond acceptors (Lipinski definition) is 6. The second-order valence-corrected chi connectivity index (χ2v) is 6.60. The van der Waals surface area contributed by atoms with Crippen LogP contribution in [0.4, 0.5) is 5.69 Å². The zero-order valence-corrected chi connectivity index (χ0v) is 13.9. The second-order valence-electron chi connectivity index (χ2n) is 5.59. The Morgan fingerprint density at radius 2 is 2.04 bits per heavy atom. The molecule has 1 aliphatic heterocycles. The number of aromatic nitrogens is 1. The average Bonchev–Trinajstić information content (AvgIpc) is 3.21. The molecule has 0 N–H and O–H groups in total. The van der Waals surface area contributed by atoms with Gasteiger partial charge in [0.2, 0.25) is 0 Å². The molecule has 0 amide bonds. The standard InChI is InChI=1S/C17H13N3O4S/c21-16-15(25-17-18-8-1-9-19(16)17)10-13-6-7-14(24-13)11-2-4-12(5-3-11)20(22)23/h2-7,10H,1,8-9H2/b15-10-. The van der Waals surface area contributed by atoms with Gasteiger partial charge in [-0.2, -0.15) is 0 Å². The molecular formula is C17H13N3O4S. The van der Waals surface area contributed by atoms with Gasteiger partial charge in [-0.15, -0.1) is 0 Å². The predicted molar refractivity (Wildman–Crippen MR) is 93.2 cm³/mol. The lowest BCUT2D eigenvalue weighted by Gasteiger charge is -2.03. The first-order valence-electron chi connectivity index (χ1n) is 7.72. The number of non-ortho nitro benzene ring substituents is 1. The second kappa shape index (κ2) is 6.14. The maximum atomic E-state index is 12.4. The zero-order chi connectivity index (χ0) is 17.4. The summed E-state index contributed by atoms with van der Waals surface area (Å²) in [6.45, 7) is 1.46. The number of rotatable bonds is 3. The smallest absolute Gasteiger partial charge is 0.270 e. The number of thiazole rings is 1. The molecule has 0 bridgehead atoms. The largest absolute Gasteiger partial charge is 0.457 e. The number of nitro benzene ring substituents is 1. The van der Waals surface area contributed by atoms with Crippen molar-refractivity contribution in [2.45, 2.75) is 13.0 Å². The SMILES string of the molecule is O=c1/c(=C/c2ccc(-c3ccc([N+](=O)[O-])cc3)o2)sc2n1CCCN=2. The van der Waals surface area contributed by atoms with Crippen molar-refractivity contribution in [3.63, 3.8) is 0 Å². The van der Waals surface area contributed by atoms with Crippen molar-refractivity contribution in [3.8, 4) is 11.3 Å². The molecule has 0 aliphatic carbocycles. The van der Waals surface area contributed by atoms with Crippen LogP contribution in [0, 0.1) is 10.1 Å². The third-order valence-corrected chi connectivity index (χ3v) is 4.98. The van der Waals surface area contributed by atoms with E-state index in [1.54, 1.807) is 34.9 Å². The van der Waals surface area contributed by atoms with Crippen molar-refractivity contribution in [2.24, 2.45) is 4.99 Å². The fourth-order valence-corrected chi connectivity index (χ4v) is 3.70. The van der Waals surface area contributed by atoms with Gasteiger partial charge in [-0.3, -0.25) is 24.5 Å². The van der Waals surface area contributed by atoms with E-state index < -0.39 is 4.92 Å². The van der Waals surface area contributed by atoms with Gasteiger partial charge in [0, 0.05) is 36.9 Å². The average molecular weight is 355 g/mol. The molecule has 0 unspecified atom stereocenters. The van der Waals surface area contributed by atoms with Crippen LogP contribution in [0.15, 0.2) is 50.6 Å². The number of benzene rings is 1. The molecule has 2 aromatic heterocycles.